The van der Waals surface area contributed by atoms with Gasteiger partial charge >= 0.3 is 0 Å². The average molecular weight is 187 g/mol. The second-order valence-corrected chi connectivity index (χ2v) is 3.09. The molecule has 0 fully saturated rings. The SMILES string of the molecule is NCCCCCCNC(=O)CCN. The predicted octanol–water partition coefficient (Wildman–Crippen LogP) is -0.0295. The second kappa shape index (κ2) is 9.48. The van der Waals surface area contributed by atoms with Crippen LogP contribution in [0.1, 0.15) is 32.1 Å². The fourth-order valence-corrected chi connectivity index (χ4v) is 1.07. The minimum atomic E-state index is 0.0568. The van der Waals surface area contributed by atoms with Crippen LogP contribution in [0.2, 0.25) is 0 Å². The zero-order valence-corrected chi connectivity index (χ0v) is 8.22. The van der Waals surface area contributed by atoms with Gasteiger partial charge in [0, 0.05) is 19.5 Å². The van der Waals surface area contributed by atoms with Gasteiger partial charge in [-0.3, -0.25) is 4.79 Å². The Labute approximate surface area is 80.0 Å². The summed E-state index contributed by atoms with van der Waals surface area (Å²) in [6.07, 6.45) is 4.85. The number of unbranched alkanes of at least 4 members (excludes halogenated alkanes) is 3. The van der Waals surface area contributed by atoms with Crippen molar-refractivity contribution in [3.05, 3.63) is 0 Å². The zero-order chi connectivity index (χ0) is 9.94. The zero-order valence-electron chi connectivity index (χ0n) is 8.22. The van der Waals surface area contributed by atoms with Gasteiger partial charge in [0.2, 0.25) is 5.91 Å². The molecule has 0 spiro atoms. The quantitative estimate of drug-likeness (QED) is 0.467. The first-order valence-corrected chi connectivity index (χ1v) is 4.98. The molecule has 0 radical (unpaired) electrons. The van der Waals surface area contributed by atoms with Crippen LogP contribution in [0, 0.1) is 0 Å². The molecule has 0 atom stereocenters. The normalized spacial score (nSPS) is 10.0. The predicted molar refractivity (Wildman–Crippen MR) is 54.2 cm³/mol. The lowest BCUT2D eigenvalue weighted by Gasteiger charge is -2.03. The summed E-state index contributed by atoms with van der Waals surface area (Å²) in [7, 11) is 0. The monoisotopic (exact) mass is 187 g/mol. The minimum absolute atomic E-state index is 0.0568. The highest BCUT2D eigenvalue weighted by molar-refractivity contribution is 5.75. The molecule has 78 valence electrons. The summed E-state index contributed by atoms with van der Waals surface area (Å²) >= 11 is 0. The van der Waals surface area contributed by atoms with Crippen molar-refractivity contribution in [1.29, 1.82) is 0 Å². The van der Waals surface area contributed by atoms with Crippen molar-refractivity contribution in [3.8, 4) is 0 Å². The molecule has 0 aliphatic rings. The van der Waals surface area contributed by atoms with Crippen molar-refractivity contribution in [2.45, 2.75) is 32.1 Å². The third-order valence-corrected chi connectivity index (χ3v) is 1.82. The van der Waals surface area contributed by atoms with E-state index in [1.807, 2.05) is 0 Å². The first-order chi connectivity index (χ1) is 6.31. The standard InChI is InChI=1S/C9H21N3O/c10-6-3-1-2-4-8-12-9(13)5-7-11/h1-8,10-11H2,(H,12,13). The van der Waals surface area contributed by atoms with Gasteiger partial charge in [-0.15, -0.1) is 0 Å². The van der Waals surface area contributed by atoms with Gasteiger partial charge in [-0.05, 0) is 19.4 Å². The minimum Gasteiger partial charge on any atom is -0.356 e. The maximum atomic E-state index is 10.9. The Morgan fingerprint density at radius 1 is 1.00 bits per heavy atom. The lowest BCUT2D eigenvalue weighted by atomic mass is 10.2. The molecule has 0 saturated carbocycles. The molecular weight excluding hydrogens is 166 g/mol. The number of amides is 1. The molecule has 0 rings (SSSR count). The lowest BCUT2D eigenvalue weighted by Crippen LogP contribution is -2.26. The maximum absolute atomic E-state index is 10.9. The van der Waals surface area contributed by atoms with Crippen LogP contribution < -0.4 is 16.8 Å². The Bertz CT molecular complexity index is 128. The van der Waals surface area contributed by atoms with E-state index in [1.54, 1.807) is 0 Å². The van der Waals surface area contributed by atoms with Gasteiger partial charge in [0.25, 0.3) is 0 Å². The van der Waals surface area contributed by atoms with Crippen molar-refractivity contribution in [2.24, 2.45) is 11.5 Å². The summed E-state index contributed by atoms with van der Waals surface area (Å²) in [5, 5.41) is 2.81. The van der Waals surface area contributed by atoms with E-state index in [4.69, 9.17) is 11.5 Å². The third-order valence-electron chi connectivity index (χ3n) is 1.82. The maximum Gasteiger partial charge on any atom is 0.221 e. The van der Waals surface area contributed by atoms with Crippen molar-refractivity contribution in [3.63, 3.8) is 0 Å². The molecule has 0 aromatic carbocycles. The van der Waals surface area contributed by atoms with Crippen LogP contribution in [0.5, 0.6) is 0 Å². The Kier molecular flexibility index (Phi) is 9.03. The summed E-state index contributed by atoms with van der Waals surface area (Å²) in [6.45, 7) is 1.96. The van der Waals surface area contributed by atoms with Gasteiger partial charge in [-0.1, -0.05) is 12.8 Å². The molecule has 4 heteroatoms. The van der Waals surface area contributed by atoms with Crippen molar-refractivity contribution < 1.29 is 4.79 Å². The van der Waals surface area contributed by atoms with Crippen molar-refractivity contribution in [2.75, 3.05) is 19.6 Å². The number of carbonyl (C=O) groups excluding carboxylic acids is 1. The number of rotatable bonds is 8. The highest BCUT2D eigenvalue weighted by atomic mass is 16.1. The highest BCUT2D eigenvalue weighted by Gasteiger charge is 1.96. The molecule has 13 heavy (non-hydrogen) atoms. The van der Waals surface area contributed by atoms with Crippen LogP contribution >= 0.6 is 0 Å². The number of carbonyl (C=O) groups is 1. The molecule has 0 aliphatic heterocycles. The Balaban J connectivity index is 3.02. The number of nitrogens with one attached hydrogen (secondary N) is 1. The van der Waals surface area contributed by atoms with E-state index in [2.05, 4.69) is 5.32 Å². The summed E-state index contributed by atoms with van der Waals surface area (Å²) in [4.78, 5) is 10.9. The summed E-state index contributed by atoms with van der Waals surface area (Å²) < 4.78 is 0. The fourth-order valence-electron chi connectivity index (χ4n) is 1.07. The van der Waals surface area contributed by atoms with E-state index in [1.165, 1.54) is 0 Å². The number of hydrogen-bond acceptors (Lipinski definition) is 3. The number of nitrogens with two attached hydrogens (primary N) is 2. The van der Waals surface area contributed by atoms with Crippen molar-refractivity contribution >= 4 is 5.91 Å². The van der Waals surface area contributed by atoms with Crippen LogP contribution in [0.25, 0.3) is 0 Å². The Morgan fingerprint density at radius 2 is 1.69 bits per heavy atom. The first-order valence-electron chi connectivity index (χ1n) is 4.98. The van der Waals surface area contributed by atoms with Crippen LogP contribution in [0.15, 0.2) is 0 Å². The fraction of sp³-hybridized carbons (Fsp3) is 0.889. The highest BCUT2D eigenvalue weighted by Crippen LogP contribution is 1.96. The summed E-state index contributed by atoms with van der Waals surface area (Å²) in [5.74, 6) is 0.0568. The second-order valence-electron chi connectivity index (χ2n) is 3.09. The van der Waals surface area contributed by atoms with Gasteiger partial charge in [-0.25, -0.2) is 0 Å². The van der Waals surface area contributed by atoms with E-state index >= 15 is 0 Å². The van der Waals surface area contributed by atoms with Gasteiger partial charge in [0.15, 0.2) is 0 Å². The molecule has 1 amide bonds. The molecule has 0 saturated heterocycles. The van der Waals surface area contributed by atoms with Crippen LogP contribution in [0.4, 0.5) is 0 Å². The largest absolute Gasteiger partial charge is 0.356 e. The van der Waals surface area contributed by atoms with E-state index in [0.717, 1.165) is 38.8 Å². The van der Waals surface area contributed by atoms with E-state index in [9.17, 15) is 4.79 Å². The summed E-state index contributed by atoms with van der Waals surface area (Å²) in [5.41, 5.74) is 10.6. The smallest absolute Gasteiger partial charge is 0.221 e. The molecule has 0 unspecified atom stereocenters. The molecule has 0 heterocycles. The molecule has 0 bridgehead atoms. The van der Waals surface area contributed by atoms with Gasteiger partial charge < -0.3 is 16.8 Å². The van der Waals surface area contributed by atoms with Gasteiger partial charge in [0.1, 0.15) is 0 Å². The number of hydrogen-bond donors (Lipinski definition) is 3. The van der Waals surface area contributed by atoms with Crippen molar-refractivity contribution in [1.82, 2.24) is 5.32 Å². The van der Waals surface area contributed by atoms with E-state index < -0.39 is 0 Å². The van der Waals surface area contributed by atoms with E-state index in [-0.39, 0.29) is 5.91 Å². The molecule has 0 aromatic rings. The van der Waals surface area contributed by atoms with Gasteiger partial charge in [0.05, 0.1) is 0 Å². The lowest BCUT2D eigenvalue weighted by molar-refractivity contribution is -0.120. The van der Waals surface area contributed by atoms with Crippen LogP contribution in [-0.4, -0.2) is 25.5 Å². The molecule has 0 aromatic heterocycles. The third kappa shape index (κ3) is 9.30. The molecular formula is C9H21N3O. The average Bonchev–Trinajstić information content (AvgIpc) is 2.11. The Morgan fingerprint density at radius 3 is 2.31 bits per heavy atom. The van der Waals surface area contributed by atoms with Gasteiger partial charge in [-0.2, -0.15) is 0 Å². The topological polar surface area (TPSA) is 81.1 Å². The molecule has 4 nitrogen and oxygen atoms in total. The Hall–Kier alpha value is -0.610. The molecule has 0 aliphatic carbocycles. The van der Waals surface area contributed by atoms with Crippen LogP contribution in [-0.2, 0) is 4.79 Å². The summed E-state index contributed by atoms with van der Waals surface area (Å²) in [6, 6.07) is 0. The van der Waals surface area contributed by atoms with E-state index in [0.29, 0.717) is 13.0 Å². The molecule has 5 N–H and O–H groups in total. The first kappa shape index (κ1) is 12.4. The van der Waals surface area contributed by atoms with Crippen LogP contribution in [0.3, 0.4) is 0 Å².